The molecule has 0 bridgehead atoms. The van der Waals surface area contributed by atoms with Crippen molar-refractivity contribution in [2.24, 2.45) is 17.3 Å². The molecule has 100 valence electrons. The van der Waals surface area contributed by atoms with Crippen LogP contribution in [0.5, 0.6) is 0 Å². The average molecular weight is 250 g/mol. The maximum absolute atomic E-state index is 11.4. The molecule has 2 rings (SSSR count). The second kappa shape index (κ2) is 4.54. The molecule has 0 heterocycles. The van der Waals surface area contributed by atoms with Crippen molar-refractivity contribution in [1.29, 1.82) is 0 Å². The number of hydrogen-bond acceptors (Lipinski definition) is 2. The van der Waals surface area contributed by atoms with Gasteiger partial charge in [0.15, 0.2) is 0 Å². The summed E-state index contributed by atoms with van der Waals surface area (Å²) in [7, 11) is 0. The smallest absolute Gasteiger partial charge is 0.307 e. The van der Waals surface area contributed by atoms with Gasteiger partial charge in [-0.15, -0.1) is 0 Å². The quantitative estimate of drug-likeness (QED) is 0.752. The fourth-order valence-electron chi connectivity index (χ4n) is 3.32. The van der Waals surface area contributed by atoms with Crippen LogP contribution in [0.2, 0.25) is 0 Å². The zero-order valence-electron chi connectivity index (χ0n) is 11.3. The summed E-state index contributed by atoms with van der Waals surface area (Å²) >= 11 is 0. The van der Waals surface area contributed by atoms with E-state index >= 15 is 0 Å². The SMILES string of the molecule is CC1=CC[C@]2(C)[C@H](O)CC[C@H](C(=O)O)[C@@H]2C=C1C. The number of carbonyl (C=O) groups is 1. The molecule has 0 unspecified atom stereocenters. The number of hydrogen-bond donors (Lipinski definition) is 2. The van der Waals surface area contributed by atoms with Crippen molar-refractivity contribution in [1.82, 2.24) is 0 Å². The van der Waals surface area contributed by atoms with Crippen LogP contribution in [-0.4, -0.2) is 22.3 Å². The van der Waals surface area contributed by atoms with Gasteiger partial charge in [0.05, 0.1) is 12.0 Å². The summed E-state index contributed by atoms with van der Waals surface area (Å²) in [4.78, 5) is 11.4. The van der Waals surface area contributed by atoms with Gasteiger partial charge in [0, 0.05) is 5.41 Å². The van der Waals surface area contributed by atoms with E-state index in [2.05, 4.69) is 19.1 Å². The van der Waals surface area contributed by atoms with Gasteiger partial charge in [-0.3, -0.25) is 4.79 Å². The molecule has 0 aromatic carbocycles. The van der Waals surface area contributed by atoms with E-state index in [1.54, 1.807) is 0 Å². The Hall–Kier alpha value is -1.09. The molecule has 0 aliphatic heterocycles. The van der Waals surface area contributed by atoms with E-state index in [0.29, 0.717) is 12.8 Å². The average Bonchev–Trinajstić information content (AvgIpc) is 2.42. The van der Waals surface area contributed by atoms with E-state index in [-0.39, 0.29) is 17.3 Å². The Balaban J connectivity index is 2.46. The molecule has 1 saturated carbocycles. The van der Waals surface area contributed by atoms with Crippen LogP contribution in [0.1, 0.15) is 40.0 Å². The van der Waals surface area contributed by atoms with Crippen LogP contribution in [0.15, 0.2) is 23.3 Å². The lowest BCUT2D eigenvalue weighted by Crippen LogP contribution is -2.47. The van der Waals surface area contributed by atoms with Crippen LogP contribution in [0.3, 0.4) is 0 Å². The first kappa shape index (κ1) is 13.3. The molecular weight excluding hydrogens is 228 g/mol. The highest BCUT2D eigenvalue weighted by molar-refractivity contribution is 5.71. The summed E-state index contributed by atoms with van der Waals surface area (Å²) in [5.74, 6) is -1.18. The van der Waals surface area contributed by atoms with Crippen LogP contribution in [0.4, 0.5) is 0 Å². The number of carboxylic acids is 1. The third kappa shape index (κ3) is 2.01. The lowest BCUT2D eigenvalue weighted by atomic mass is 9.59. The van der Waals surface area contributed by atoms with Crippen molar-refractivity contribution >= 4 is 5.97 Å². The summed E-state index contributed by atoms with van der Waals surface area (Å²) in [5.41, 5.74) is 1.99. The standard InChI is InChI=1S/C15H22O3/c1-9-6-7-15(3)12(8-10(9)2)11(14(17)18)4-5-13(15)16/h6,8,11-13,16H,4-5,7H2,1-3H3,(H,17,18)/t11-,12-,13+,15-/m0/s1. The number of fused-ring (bicyclic) bond motifs is 1. The van der Waals surface area contributed by atoms with Gasteiger partial charge in [0.1, 0.15) is 0 Å². The number of aliphatic hydroxyl groups excluding tert-OH is 1. The summed E-state index contributed by atoms with van der Waals surface area (Å²) < 4.78 is 0. The number of rotatable bonds is 1. The third-order valence-electron chi connectivity index (χ3n) is 4.92. The molecular formula is C15H22O3. The lowest BCUT2D eigenvalue weighted by molar-refractivity contribution is -0.150. The van der Waals surface area contributed by atoms with Crippen molar-refractivity contribution in [2.75, 3.05) is 0 Å². The highest BCUT2D eigenvalue weighted by Gasteiger charge is 2.49. The van der Waals surface area contributed by atoms with Gasteiger partial charge in [-0.25, -0.2) is 0 Å². The second-order valence-electron chi connectivity index (χ2n) is 6.01. The van der Waals surface area contributed by atoms with Gasteiger partial charge in [0.25, 0.3) is 0 Å². The number of allylic oxidation sites excluding steroid dienone is 4. The zero-order valence-corrected chi connectivity index (χ0v) is 11.3. The molecule has 3 nitrogen and oxygen atoms in total. The minimum atomic E-state index is -0.735. The van der Waals surface area contributed by atoms with Crippen LogP contribution >= 0.6 is 0 Å². The molecule has 0 spiro atoms. The maximum Gasteiger partial charge on any atom is 0.307 e. The monoisotopic (exact) mass is 250 g/mol. The largest absolute Gasteiger partial charge is 0.481 e. The first-order valence-corrected chi connectivity index (χ1v) is 6.62. The number of aliphatic hydroxyl groups is 1. The summed E-state index contributed by atoms with van der Waals surface area (Å²) in [6.07, 6.45) is 5.70. The fourth-order valence-corrected chi connectivity index (χ4v) is 3.32. The highest BCUT2D eigenvalue weighted by Crippen LogP contribution is 2.50. The minimum absolute atomic E-state index is 0.0764. The van der Waals surface area contributed by atoms with Crippen molar-refractivity contribution < 1.29 is 15.0 Å². The first-order valence-electron chi connectivity index (χ1n) is 6.62. The Morgan fingerprint density at radius 1 is 1.33 bits per heavy atom. The van der Waals surface area contributed by atoms with E-state index in [0.717, 1.165) is 12.0 Å². The molecule has 3 heteroatoms. The zero-order chi connectivity index (χ0) is 13.5. The van der Waals surface area contributed by atoms with E-state index in [1.807, 2.05) is 13.8 Å². The Labute approximate surface area is 108 Å². The van der Waals surface area contributed by atoms with Crippen molar-refractivity contribution in [3.63, 3.8) is 0 Å². The Kier molecular flexibility index (Phi) is 3.37. The topological polar surface area (TPSA) is 57.5 Å². The predicted molar refractivity (Wildman–Crippen MR) is 70.1 cm³/mol. The molecule has 0 aromatic heterocycles. The molecule has 0 amide bonds. The minimum Gasteiger partial charge on any atom is -0.481 e. The lowest BCUT2D eigenvalue weighted by Gasteiger charge is -2.46. The second-order valence-corrected chi connectivity index (χ2v) is 6.01. The third-order valence-corrected chi connectivity index (χ3v) is 4.92. The van der Waals surface area contributed by atoms with Gasteiger partial charge in [-0.1, -0.05) is 30.2 Å². The Morgan fingerprint density at radius 3 is 2.61 bits per heavy atom. The van der Waals surface area contributed by atoms with Crippen molar-refractivity contribution in [3.05, 3.63) is 23.3 Å². The molecule has 2 N–H and O–H groups in total. The van der Waals surface area contributed by atoms with Crippen LogP contribution < -0.4 is 0 Å². The maximum atomic E-state index is 11.4. The Bertz CT molecular complexity index is 421. The molecule has 2 aliphatic rings. The summed E-state index contributed by atoms with van der Waals surface area (Å²) in [6, 6.07) is 0. The van der Waals surface area contributed by atoms with E-state index in [1.165, 1.54) is 5.57 Å². The van der Waals surface area contributed by atoms with Gasteiger partial charge in [0.2, 0.25) is 0 Å². The molecule has 4 atom stereocenters. The van der Waals surface area contributed by atoms with E-state index < -0.39 is 12.1 Å². The molecule has 0 saturated heterocycles. The summed E-state index contributed by atoms with van der Waals surface area (Å²) in [6.45, 7) is 6.10. The van der Waals surface area contributed by atoms with Crippen LogP contribution in [-0.2, 0) is 4.79 Å². The van der Waals surface area contributed by atoms with Gasteiger partial charge < -0.3 is 10.2 Å². The molecule has 18 heavy (non-hydrogen) atoms. The van der Waals surface area contributed by atoms with Crippen LogP contribution in [0.25, 0.3) is 0 Å². The van der Waals surface area contributed by atoms with Crippen LogP contribution in [0, 0.1) is 17.3 Å². The fraction of sp³-hybridized carbons (Fsp3) is 0.667. The summed E-state index contributed by atoms with van der Waals surface area (Å²) in [5, 5.41) is 19.7. The highest BCUT2D eigenvalue weighted by atomic mass is 16.4. The normalized spacial score (nSPS) is 40.3. The van der Waals surface area contributed by atoms with Crippen molar-refractivity contribution in [3.8, 4) is 0 Å². The molecule has 0 aromatic rings. The molecule has 0 radical (unpaired) electrons. The first-order chi connectivity index (χ1) is 8.36. The molecule has 2 aliphatic carbocycles. The predicted octanol–water partition coefficient (Wildman–Crippen LogP) is 2.76. The molecule has 1 fully saturated rings. The number of carboxylic acid groups (broad SMARTS) is 1. The van der Waals surface area contributed by atoms with Crippen molar-refractivity contribution in [2.45, 2.75) is 46.1 Å². The van der Waals surface area contributed by atoms with E-state index in [9.17, 15) is 15.0 Å². The van der Waals surface area contributed by atoms with E-state index in [4.69, 9.17) is 0 Å². The van der Waals surface area contributed by atoms with Gasteiger partial charge >= 0.3 is 5.97 Å². The number of aliphatic carboxylic acids is 1. The Morgan fingerprint density at radius 2 is 2.00 bits per heavy atom. The van der Waals surface area contributed by atoms with Gasteiger partial charge in [-0.2, -0.15) is 0 Å². The van der Waals surface area contributed by atoms with Gasteiger partial charge in [-0.05, 0) is 39.0 Å².